The number of amides is 1. The second-order valence-electron chi connectivity index (χ2n) is 6.65. The summed E-state index contributed by atoms with van der Waals surface area (Å²) in [6.45, 7) is 3.93. The van der Waals surface area contributed by atoms with E-state index in [4.69, 9.17) is 11.6 Å². The number of nitrogens with zero attached hydrogens (tertiary/aromatic N) is 3. The predicted octanol–water partition coefficient (Wildman–Crippen LogP) is 4.47. The van der Waals surface area contributed by atoms with Gasteiger partial charge in [0.2, 0.25) is 0 Å². The largest absolute Gasteiger partial charge is 0.359 e. The maximum absolute atomic E-state index is 13.5. The summed E-state index contributed by atoms with van der Waals surface area (Å²) in [4.78, 5) is 26.2. The molecule has 0 atom stereocenters. The first-order valence-corrected chi connectivity index (χ1v) is 8.96. The van der Waals surface area contributed by atoms with Gasteiger partial charge in [0.1, 0.15) is 23.8 Å². The molecule has 142 valence electrons. The molecule has 0 fully saturated rings. The average molecular weight is 398 g/mol. The van der Waals surface area contributed by atoms with Gasteiger partial charge < -0.3 is 10.3 Å². The molecule has 2 aromatic heterocycles. The molecule has 1 aliphatic rings. The molecule has 28 heavy (non-hydrogen) atoms. The summed E-state index contributed by atoms with van der Waals surface area (Å²) in [5.74, 6) is 0.260. The zero-order valence-corrected chi connectivity index (χ0v) is 16.2. The number of aromatic amines is 1. The number of likely N-dealkylation sites (N-methyl/N-ethyl adjacent to an activating group) is 1. The van der Waals surface area contributed by atoms with E-state index < -0.39 is 5.82 Å². The van der Waals surface area contributed by atoms with Gasteiger partial charge in [-0.25, -0.2) is 14.4 Å². The van der Waals surface area contributed by atoms with Crippen LogP contribution in [0.5, 0.6) is 0 Å². The highest BCUT2D eigenvalue weighted by Gasteiger charge is 2.34. The van der Waals surface area contributed by atoms with Crippen molar-refractivity contribution in [1.82, 2.24) is 15.0 Å². The van der Waals surface area contributed by atoms with E-state index in [0.29, 0.717) is 28.5 Å². The summed E-state index contributed by atoms with van der Waals surface area (Å²) in [6, 6.07) is 6.30. The van der Waals surface area contributed by atoms with Gasteiger partial charge in [-0.2, -0.15) is 0 Å². The van der Waals surface area contributed by atoms with Crippen LogP contribution in [0.2, 0.25) is 5.02 Å². The fraction of sp³-hybridized carbons (Fsp3) is 0.150. The Kier molecular flexibility index (Phi) is 4.39. The number of rotatable bonds is 3. The fourth-order valence-corrected chi connectivity index (χ4v) is 3.43. The van der Waals surface area contributed by atoms with Crippen molar-refractivity contribution >= 4 is 46.5 Å². The maximum atomic E-state index is 13.5. The Labute approximate surface area is 166 Å². The fourth-order valence-electron chi connectivity index (χ4n) is 3.25. The van der Waals surface area contributed by atoms with Gasteiger partial charge in [-0.15, -0.1) is 0 Å². The molecule has 0 radical (unpaired) electrons. The molecule has 0 spiro atoms. The van der Waals surface area contributed by atoms with Gasteiger partial charge in [0.15, 0.2) is 0 Å². The summed E-state index contributed by atoms with van der Waals surface area (Å²) in [5, 5.41) is 3.11. The predicted molar refractivity (Wildman–Crippen MR) is 108 cm³/mol. The number of carbonyl (C=O) groups is 1. The second kappa shape index (κ2) is 6.76. The molecule has 6 nitrogen and oxygen atoms in total. The van der Waals surface area contributed by atoms with E-state index in [1.807, 2.05) is 19.9 Å². The van der Waals surface area contributed by atoms with Gasteiger partial charge >= 0.3 is 0 Å². The molecular formula is C20H17ClFN5O. The number of carbonyl (C=O) groups excluding carboxylic acids is 1. The number of aromatic nitrogens is 3. The van der Waals surface area contributed by atoms with Crippen LogP contribution in [0.25, 0.3) is 11.6 Å². The van der Waals surface area contributed by atoms with Crippen LogP contribution in [0.3, 0.4) is 0 Å². The molecule has 0 saturated carbocycles. The quantitative estimate of drug-likeness (QED) is 0.639. The van der Waals surface area contributed by atoms with Crippen LogP contribution in [0, 0.1) is 19.7 Å². The molecule has 3 heterocycles. The standard InChI is InChI=1S/C20H17ClFN5O/c1-10-6-11(2)25-16(10)8-13-17-18(23-9-24-19(17)27(3)20(13)28)26-12-4-5-15(22)14(21)7-12/h4-9,25H,1-3H3,(H,23,24,26). The van der Waals surface area contributed by atoms with Crippen LogP contribution < -0.4 is 10.2 Å². The third-order valence-corrected chi connectivity index (χ3v) is 4.90. The maximum Gasteiger partial charge on any atom is 0.260 e. The zero-order valence-electron chi connectivity index (χ0n) is 15.5. The third-order valence-electron chi connectivity index (χ3n) is 4.61. The van der Waals surface area contributed by atoms with Crippen molar-refractivity contribution in [3.63, 3.8) is 0 Å². The van der Waals surface area contributed by atoms with Crippen LogP contribution in [0.1, 0.15) is 22.5 Å². The molecule has 0 saturated heterocycles. The minimum Gasteiger partial charge on any atom is -0.359 e. The van der Waals surface area contributed by atoms with Gasteiger partial charge in [0, 0.05) is 24.1 Å². The molecule has 2 N–H and O–H groups in total. The Hall–Kier alpha value is -3.19. The lowest BCUT2D eigenvalue weighted by Gasteiger charge is -2.11. The van der Waals surface area contributed by atoms with E-state index in [-0.39, 0.29) is 10.9 Å². The van der Waals surface area contributed by atoms with E-state index in [2.05, 4.69) is 20.3 Å². The molecule has 8 heteroatoms. The monoisotopic (exact) mass is 397 g/mol. The van der Waals surface area contributed by atoms with Crippen LogP contribution in [0.15, 0.2) is 30.6 Å². The highest BCUT2D eigenvalue weighted by molar-refractivity contribution is 6.36. The number of anilines is 3. The molecule has 1 amide bonds. The van der Waals surface area contributed by atoms with Crippen LogP contribution in [-0.2, 0) is 4.79 Å². The van der Waals surface area contributed by atoms with Gasteiger partial charge in [-0.1, -0.05) is 11.6 Å². The van der Waals surface area contributed by atoms with Crippen LogP contribution >= 0.6 is 11.6 Å². The van der Waals surface area contributed by atoms with Crippen molar-refractivity contribution in [1.29, 1.82) is 0 Å². The Morgan fingerprint density at radius 1 is 1.25 bits per heavy atom. The van der Waals surface area contributed by atoms with E-state index in [1.165, 1.54) is 23.4 Å². The van der Waals surface area contributed by atoms with Crippen molar-refractivity contribution < 1.29 is 9.18 Å². The molecule has 0 unspecified atom stereocenters. The van der Waals surface area contributed by atoms with Crippen molar-refractivity contribution in [3.05, 3.63) is 63.9 Å². The van der Waals surface area contributed by atoms with E-state index in [9.17, 15) is 9.18 Å². The lowest BCUT2D eigenvalue weighted by atomic mass is 10.1. The first-order valence-electron chi connectivity index (χ1n) is 8.58. The zero-order chi connectivity index (χ0) is 20.0. The molecular weight excluding hydrogens is 381 g/mol. The van der Waals surface area contributed by atoms with Crippen LogP contribution in [-0.4, -0.2) is 27.9 Å². The van der Waals surface area contributed by atoms with Crippen LogP contribution in [0.4, 0.5) is 21.7 Å². The second-order valence-corrected chi connectivity index (χ2v) is 7.05. The summed E-state index contributed by atoms with van der Waals surface area (Å²) in [5.41, 5.74) is 4.50. The number of hydrogen-bond acceptors (Lipinski definition) is 4. The van der Waals surface area contributed by atoms with Crippen molar-refractivity contribution in [3.8, 4) is 0 Å². The molecule has 0 aliphatic carbocycles. The van der Waals surface area contributed by atoms with Crippen molar-refractivity contribution in [2.75, 3.05) is 17.3 Å². The van der Waals surface area contributed by atoms with Gasteiger partial charge in [0.05, 0.1) is 16.2 Å². The number of aryl methyl sites for hydroxylation is 2. The smallest absolute Gasteiger partial charge is 0.260 e. The summed E-state index contributed by atoms with van der Waals surface area (Å²) >= 11 is 5.87. The SMILES string of the molecule is Cc1cc(C)c(C=C2C(=O)N(C)c3ncnc(Nc4ccc(F)c(Cl)c4)c32)[nH]1. The highest BCUT2D eigenvalue weighted by atomic mass is 35.5. The molecule has 1 aliphatic heterocycles. The van der Waals surface area contributed by atoms with E-state index in [1.54, 1.807) is 19.2 Å². The number of H-pyrrole nitrogens is 1. The highest BCUT2D eigenvalue weighted by Crippen LogP contribution is 2.40. The van der Waals surface area contributed by atoms with Gasteiger partial charge in [-0.05, 0) is 49.8 Å². The number of benzene rings is 1. The first-order chi connectivity index (χ1) is 13.3. The number of halogens is 2. The Morgan fingerprint density at radius 3 is 2.71 bits per heavy atom. The topological polar surface area (TPSA) is 73.9 Å². The minimum atomic E-state index is -0.506. The Balaban J connectivity index is 1.83. The lowest BCUT2D eigenvalue weighted by molar-refractivity contribution is -0.112. The third kappa shape index (κ3) is 3.03. The van der Waals surface area contributed by atoms with E-state index in [0.717, 1.165) is 17.0 Å². The Morgan fingerprint density at radius 2 is 2.04 bits per heavy atom. The number of fused-ring (bicyclic) bond motifs is 1. The number of nitrogens with one attached hydrogen (secondary N) is 2. The molecule has 4 rings (SSSR count). The normalized spacial score (nSPS) is 14.7. The molecule has 3 aromatic rings. The van der Waals surface area contributed by atoms with Gasteiger partial charge in [-0.3, -0.25) is 9.69 Å². The van der Waals surface area contributed by atoms with E-state index >= 15 is 0 Å². The minimum absolute atomic E-state index is 0.00264. The lowest BCUT2D eigenvalue weighted by Crippen LogP contribution is -2.21. The Bertz CT molecular complexity index is 1140. The van der Waals surface area contributed by atoms with Crippen molar-refractivity contribution in [2.24, 2.45) is 0 Å². The molecule has 0 bridgehead atoms. The molecule has 1 aromatic carbocycles. The summed E-state index contributed by atoms with van der Waals surface area (Å²) in [6.07, 6.45) is 3.18. The number of hydrogen-bond donors (Lipinski definition) is 2. The average Bonchev–Trinajstić information content (AvgIpc) is 3.10. The summed E-state index contributed by atoms with van der Waals surface area (Å²) in [7, 11) is 1.67. The summed E-state index contributed by atoms with van der Waals surface area (Å²) < 4.78 is 13.5. The van der Waals surface area contributed by atoms with Gasteiger partial charge in [0.25, 0.3) is 5.91 Å². The first kappa shape index (κ1) is 18.2. The van der Waals surface area contributed by atoms with Crippen molar-refractivity contribution in [2.45, 2.75) is 13.8 Å².